The zero-order valence-corrected chi connectivity index (χ0v) is 10.2. The predicted octanol–water partition coefficient (Wildman–Crippen LogP) is 1.68. The van der Waals surface area contributed by atoms with E-state index in [-0.39, 0.29) is 11.9 Å². The molecule has 0 radical (unpaired) electrons. The second-order valence-corrected chi connectivity index (χ2v) is 4.83. The molecule has 2 N–H and O–H groups in total. The largest absolute Gasteiger partial charge is 0.352 e. The van der Waals surface area contributed by atoms with Gasteiger partial charge in [-0.15, -0.1) is 0 Å². The zero-order valence-electron chi connectivity index (χ0n) is 10.2. The molecule has 3 heteroatoms. The number of amides is 1. The molecular formula is C12H24N2O. The molecule has 0 spiro atoms. The van der Waals surface area contributed by atoms with Crippen LogP contribution in [-0.4, -0.2) is 25.0 Å². The average molecular weight is 212 g/mol. The number of carbonyl (C=O) groups is 1. The van der Waals surface area contributed by atoms with Crippen LogP contribution in [0.3, 0.4) is 0 Å². The number of nitrogens with one attached hydrogen (secondary N) is 2. The highest BCUT2D eigenvalue weighted by Crippen LogP contribution is 2.22. The fraction of sp³-hybridized carbons (Fsp3) is 0.917. The average Bonchev–Trinajstić information content (AvgIpc) is 2.42. The van der Waals surface area contributed by atoms with Crippen LogP contribution in [0.2, 0.25) is 0 Å². The van der Waals surface area contributed by atoms with Gasteiger partial charge >= 0.3 is 0 Å². The number of likely N-dealkylation sites (N-methyl/N-ethyl adjacent to an activating group) is 1. The highest BCUT2D eigenvalue weighted by atomic mass is 16.2. The molecule has 1 aliphatic rings. The Balaban J connectivity index is 2.34. The fourth-order valence-electron chi connectivity index (χ4n) is 2.09. The van der Waals surface area contributed by atoms with E-state index in [2.05, 4.69) is 17.6 Å². The van der Waals surface area contributed by atoms with Crippen molar-refractivity contribution in [1.82, 2.24) is 10.6 Å². The summed E-state index contributed by atoms with van der Waals surface area (Å²) in [5.74, 6) is 0.964. The van der Waals surface area contributed by atoms with Crippen molar-refractivity contribution in [3.8, 4) is 0 Å². The van der Waals surface area contributed by atoms with Gasteiger partial charge in [0.05, 0.1) is 6.04 Å². The minimum Gasteiger partial charge on any atom is -0.352 e. The predicted molar refractivity (Wildman–Crippen MR) is 62.7 cm³/mol. The van der Waals surface area contributed by atoms with E-state index in [1.807, 2.05) is 14.0 Å². The van der Waals surface area contributed by atoms with Crippen molar-refractivity contribution >= 4 is 5.91 Å². The van der Waals surface area contributed by atoms with Gasteiger partial charge in [-0.05, 0) is 39.2 Å². The van der Waals surface area contributed by atoms with Gasteiger partial charge in [0, 0.05) is 6.04 Å². The van der Waals surface area contributed by atoms with Gasteiger partial charge in [0.25, 0.3) is 0 Å². The van der Waals surface area contributed by atoms with Gasteiger partial charge in [-0.2, -0.15) is 0 Å². The molecule has 0 saturated heterocycles. The molecule has 1 aliphatic carbocycles. The van der Waals surface area contributed by atoms with E-state index in [1.54, 1.807) is 0 Å². The molecule has 3 unspecified atom stereocenters. The Hall–Kier alpha value is -0.570. The molecule has 0 aliphatic heterocycles. The van der Waals surface area contributed by atoms with Crippen LogP contribution in [0.5, 0.6) is 0 Å². The Labute approximate surface area is 93.0 Å². The molecule has 1 amide bonds. The van der Waals surface area contributed by atoms with Gasteiger partial charge in [0.2, 0.25) is 5.91 Å². The van der Waals surface area contributed by atoms with Crippen LogP contribution < -0.4 is 10.6 Å². The highest BCUT2D eigenvalue weighted by Gasteiger charge is 2.19. The lowest BCUT2D eigenvalue weighted by molar-refractivity contribution is -0.123. The van der Waals surface area contributed by atoms with Crippen LogP contribution >= 0.6 is 0 Å². The summed E-state index contributed by atoms with van der Waals surface area (Å²) < 4.78 is 0. The first kappa shape index (κ1) is 12.5. The summed E-state index contributed by atoms with van der Waals surface area (Å²) in [6.07, 6.45) is 6.10. The first-order valence-corrected chi connectivity index (χ1v) is 6.11. The fourth-order valence-corrected chi connectivity index (χ4v) is 2.09. The van der Waals surface area contributed by atoms with Crippen molar-refractivity contribution in [2.75, 3.05) is 7.05 Å². The maximum absolute atomic E-state index is 11.7. The Morgan fingerprint density at radius 2 is 2.00 bits per heavy atom. The minimum absolute atomic E-state index is 0.0781. The lowest BCUT2D eigenvalue weighted by Crippen LogP contribution is -2.45. The van der Waals surface area contributed by atoms with E-state index in [0.29, 0.717) is 6.04 Å². The van der Waals surface area contributed by atoms with Crippen molar-refractivity contribution < 1.29 is 4.79 Å². The van der Waals surface area contributed by atoms with Crippen LogP contribution in [0.25, 0.3) is 0 Å². The van der Waals surface area contributed by atoms with Crippen molar-refractivity contribution in [1.29, 1.82) is 0 Å². The van der Waals surface area contributed by atoms with Gasteiger partial charge in [-0.25, -0.2) is 0 Å². The minimum atomic E-state index is -0.0781. The molecule has 0 heterocycles. The zero-order chi connectivity index (χ0) is 11.3. The highest BCUT2D eigenvalue weighted by molar-refractivity contribution is 5.81. The second-order valence-electron chi connectivity index (χ2n) is 4.83. The van der Waals surface area contributed by atoms with Crippen LogP contribution in [-0.2, 0) is 4.79 Å². The van der Waals surface area contributed by atoms with Crippen LogP contribution in [0.4, 0.5) is 0 Å². The molecule has 3 atom stereocenters. The molecule has 0 aromatic carbocycles. The third-order valence-electron chi connectivity index (χ3n) is 3.43. The van der Waals surface area contributed by atoms with E-state index in [4.69, 9.17) is 0 Å². The van der Waals surface area contributed by atoms with Crippen LogP contribution in [0.15, 0.2) is 0 Å². The van der Waals surface area contributed by atoms with Crippen molar-refractivity contribution in [2.45, 2.75) is 58.0 Å². The summed E-state index contributed by atoms with van der Waals surface area (Å²) in [7, 11) is 1.82. The molecule has 15 heavy (non-hydrogen) atoms. The summed E-state index contributed by atoms with van der Waals surface area (Å²) in [4.78, 5) is 11.7. The van der Waals surface area contributed by atoms with Gasteiger partial charge in [-0.1, -0.05) is 19.8 Å². The SMILES string of the molecule is CNC(C)C(=O)NC1CCCC(C)CC1. The topological polar surface area (TPSA) is 41.1 Å². The molecule has 88 valence electrons. The van der Waals surface area contributed by atoms with E-state index < -0.39 is 0 Å². The summed E-state index contributed by atoms with van der Waals surface area (Å²) in [5, 5.41) is 6.10. The normalized spacial score (nSPS) is 29.3. The quantitative estimate of drug-likeness (QED) is 0.699. The summed E-state index contributed by atoms with van der Waals surface area (Å²) in [5.41, 5.74) is 0. The van der Waals surface area contributed by atoms with E-state index in [9.17, 15) is 4.79 Å². The van der Waals surface area contributed by atoms with E-state index in [0.717, 1.165) is 18.8 Å². The Kier molecular flexibility index (Phi) is 5.09. The number of hydrogen-bond donors (Lipinski definition) is 2. The molecule has 0 bridgehead atoms. The number of carbonyl (C=O) groups excluding carboxylic acids is 1. The summed E-state index contributed by atoms with van der Waals surface area (Å²) >= 11 is 0. The van der Waals surface area contributed by atoms with Crippen molar-refractivity contribution in [2.24, 2.45) is 5.92 Å². The smallest absolute Gasteiger partial charge is 0.237 e. The maximum atomic E-state index is 11.7. The third-order valence-corrected chi connectivity index (χ3v) is 3.43. The van der Waals surface area contributed by atoms with Crippen LogP contribution in [0, 0.1) is 5.92 Å². The lowest BCUT2D eigenvalue weighted by atomic mass is 10.0. The van der Waals surface area contributed by atoms with E-state index >= 15 is 0 Å². The lowest BCUT2D eigenvalue weighted by Gasteiger charge is -2.19. The van der Waals surface area contributed by atoms with Gasteiger partial charge in [0.1, 0.15) is 0 Å². The standard InChI is InChI=1S/C12H24N2O/c1-9-5-4-6-11(8-7-9)14-12(15)10(2)13-3/h9-11,13H,4-8H2,1-3H3,(H,14,15). The first-order valence-electron chi connectivity index (χ1n) is 6.11. The summed E-state index contributed by atoms with van der Waals surface area (Å²) in [6.45, 7) is 4.20. The molecule has 0 aromatic rings. The van der Waals surface area contributed by atoms with E-state index in [1.165, 1.54) is 19.3 Å². The molecular weight excluding hydrogens is 188 g/mol. The molecule has 1 rings (SSSR count). The Morgan fingerprint density at radius 1 is 1.27 bits per heavy atom. The molecule has 3 nitrogen and oxygen atoms in total. The molecule has 1 fully saturated rings. The molecule has 1 saturated carbocycles. The Bertz CT molecular complexity index is 206. The number of hydrogen-bond acceptors (Lipinski definition) is 2. The second kappa shape index (κ2) is 6.11. The number of rotatable bonds is 3. The molecule has 0 aromatic heterocycles. The van der Waals surface area contributed by atoms with Gasteiger partial charge in [0.15, 0.2) is 0 Å². The van der Waals surface area contributed by atoms with Gasteiger partial charge in [-0.3, -0.25) is 4.79 Å². The first-order chi connectivity index (χ1) is 7.13. The monoisotopic (exact) mass is 212 g/mol. The van der Waals surface area contributed by atoms with Crippen LogP contribution in [0.1, 0.15) is 46.0 Å². The van der Waals surface area contributed by atoms with Crippen molar-refractivity contribution in [3.05, 3.63) is 0 Å². The maximum Gasteiger partial charge on any atom is 0.237 e. The van der Waals surface area contributed by atoms with Crippen molar-refractivity contribution in [3.63, 3.8) is 0 Å². The summed E-state index contributed by atoms with van der Waals surface area (Å²) in [6, 6.07) is 0.323. The third kappa shape index (κ3) is 4.20. The van der Waals surface area contributed by atoms with Gasteiger partial charge < -0.3 is 10.6 Å². The Morgan fingerprint density at radius 3 is 2.67 bits per heavy atom.